The lowest BCUT2D eigenvalue weighted by molar-refractivity contribution is 0.0270. The van der Waals surface area contributed by atoms with E-state index in [1.165, 1.54) is 49.4 Å². The molecule has 3 rings (SSSR count). The van der Waals surface area contributed by atoms with Gasteiger partial charge < -0.3 is 5.32 Å². The van der Waals surface area contributed by atoms with E-state index in [1.54, 1.807) is 0 Å². The molecule has 0 amide bonds. The molecular weight excluding hydrogens is 254 g/mol. The van der Waals surface area contributed by atoms with Crippen molar-refractivity contribution >= 4 is 11.3 Å². The molecule has 2 aliphatic rings. The topological polar surface area (TPSA) is 28.2 Å². The largest absolute Gasteiger partial charge is 0.317 e. The maximum absolute atomic E-state index is 4.60. The van der Waals surface area contributed by atoms with Gasteiger partial charge >= 0.3 is 0 Å². The fourth-order valence-electron chi connectivity index (χ4n) is 3.82. The van der Waals surface area contributed by atoms with Crippen LogP contribution in [0.1, 0.15) is 42.8 Å². The first kappa shape index (κ1) is 13.5. The van der Waals surface area contributed by atoms with Gasteiger partial charge in [0.2, 0.25) is 0 Å². The van der Waals surface area contributed by atoms with E-state index in [2.05, 4.69) is 34.6 Å². The van der Waals surface area contributed by atoms with Crippen LogP contribution in [-0.2, 0) is 6.42 Å². The first-order chi connectivity index (χ1) is 9.26. The Morgan fingerprint density at radius 3 is 2.68 bits per heavy atom. The van der Waals surface area contributed by atoms with Crippen molar-refractivity contribution in [1.82, 2.24) is 15.2 Å². The third-order valence-electron chi connectivity index (χ3n) is 4.78. The number of fused-ring (bicyclic) bond motifs is 2. The summed E-state index contributed by atoms with van der Waals surface area (Å²) >= 11 is 1.82. The molecule has 1 aromatic heterocycles. The standard InChI is InChI=1S/C15H25N3S/c1-11-10-19-15(17-11)6-7-18-13-4-3-5-14(18)9-12(8-13)16-2/h10,12-14,16H,3-9H2,1-2H3. The Hall–Kier alpha value is -0.450. The normalized spacial score (nSPS) is 31.6. The zero-order chi connectivity index (χ0) is 13.2. The fourth-order valence-corrected chi connectivity index (χ4v) is 4.59. The van der Waals surface area contributed by atoms with Gasteiger partial charge in [0, 0.05) is 42.2 Å². The number of aromatic nitrogens is 1. The average molecular weight is 279 g/mol. The summed E-state index contributed by atoms with van der Waals surface area (Å²) in [6, 6.07) is 2.37. The molecule has 2 atom stereocenters. The molecule has 3 heterocycles. The van der Waals surface area contributed by atoms with E-state index in [9.17, 15) is 0 Å². The Morgan fingerprint density at radius 2 is 2.11 bits per heavy atom. The lowest BCUT2D eigenvalue weighted by Gasteiger charge is -2.49. The van der Waals surface area contributed by atoms with Gasteiger partial charge in [0.15, 0.2) is 0 Å². The van der Waals surface area contributed by atoms with Gasteiger partial charge in [0.05, 0.1) is 5.01 Å². The van der Waals surface area contributed by atoms with Crippen LogP contribution in [0.15, 0.2) is 5.38 Å². The summed E-state index contributed by atoms with van der Waals surface area (Å²) in [7, 11) is 2.12. The van der Waals surface area contributed by atoms with Gasteiger partial charge in [-0.2, -0.15) is 0 Å². The zero-order valence-corrected chi connectivity index (χ0v) is 12.9. The highest BCUT2D eigenvalue weighted by atomic mass is 32.1. The minimum atomic E-state index is 0.744. The second kappa shape index (κ2) is 5.90. The van der Waals surface area contributed by atoms with Gasteiger partial charge in [-0.15, -0.1) is 11.3 Å². The van der Waals surface area contributed by atoms with E-state index >= 15 is 0 Å². The Kier molecular flexibility index (Phi) is 4.20. The van der Waals surface area contributed by atoms with E-state index in [0.29, 0.717) is 0 Å². The summed E-state index contributed by atoms with van der Waals surface area (Å²) in [5, 5.41) is 6.97. The number of hydrogen-bond donors (Lipinski definition) is 1. The van der Waals surface area contributed by atoms with E-state index in [0.717, 1.165) is 24.5 Å². The SMILES string of the molecule is CNC1CC2CCCC(C1)N2CCc1nc(C)cs1. The summed E-state index contributed by atoms with van der Waals surface area (Å²) in [4.78, 5) is 7.39. The quantitative estimate of drug-likeness (QED) is 0.918. The Bertz CT molecular complexity index is 403. The van der Waals surface area contributed by atoms with Gasteiger partial charge in [-0.3, -0.25) is 4.90 Å². The summed E-state index contributed by atoms with van der Waals surface area (Å²) in [6.07, 6.45) is 8.03. The highest BCUT2D eigenvalue weighted by molar-refractivity contribution is 7.09. The van der Waals surface area contributed by atoms with Gasteiger partial charge in [-0.1, -0.05) is 6.42 Å². The van der Waals surface area contributed by atoms with Crippen molar-refractivity contribution in [3.63, 3.8) is 0 Å². The van der Waals surface area contributed by atoms with Crippen molar-refractivity contribution in [2.45, 2.75) is 63.6 Å². The third-order valence-corrected chi connectivity index (χ3v) is 5.81. The van der Waals surface area contributed by atoms with Crippen molar-refractivity contribution in [1.29, 1.82) is 0 Å². The highest BCUT2D eigenvalue weighted by Gasteiger charge is 2.37. The molecule has 0 aromatic carbocycles. The predicted octanol–water partition coefficient (Wildman–Crippen LogP) is 2.60. The molecular formula is C15H25N3S. The second-order valence-corrected chi connectivity index (χ2v) is 7.01. The van der Waals surface area contributed by atoms with Crippen molar-refractivity contribution < 1.29 is 0 Å². The number of thiazole rings is 1. The maximum Gasteiger partial charge on any atom is 0.0940 e. The average Bonchev–Trinajstić information content (AvgIpc) is 2.81. The number of rotatable bonds is 4. The molecule has 0 spiro atoms. The monoisotopic (exact) mass is 279 g/mol. The molecule has 2 bridgehead atoms. The van der Waals surface area contributed by atoms with Crippen molar-refractivity contribution in [3.05, 3.63) is 16.1 Å². The molecule has 2 aliphatic heterocycles. The van der Waals surface area contributed by atoms with Crippen LogP contribution in [0.5, 0.6) is 0 Å². The first-order valence-electron chi connectivity index (χ1n) is 7.60. The molecule has 19 heavy (non-hydrogen) atoms. The summed E-state index contributed by atoms with van der Waals surface area (Å²) in [5.74, 6) is 0. The van der Waals surface area contributed by atoms with E-state index < -0.39 is 0 Å². The van der Waals surface area contributed by atoms with Crippen molar-refractivity contribution in [2.24, 2.45) is 0 Å². The minimum absolute atomic E-state index is 0.744. The van der Waals surface area contributed by atoms with Crippen LogP contribution in [-0.4, -0.2) is 41.6 Å². The van der Waals surface area contributed by atoms with Gasteiger partial charge in [-0.05, 0) is 39.7 Å². The van der Waals surface area contributed by atoms with Crippen LogP contribution < -0.4 is 5.32 Å². The Labute approximate surface area is 120 Å². The van der Waals surface area contributed by atoms with Gasteiger partial charge in [-0.25, -0.2) is 4.98 Å². The number of piperidine rings is 2. The summed E-state index contributed by atoms with van der Waals surface area (Å²) in [6.45, 7) is 3.30. The minimum Gasteiger partial charge on any atom is -0.317 e. The van der Waals surface area contributed by atoms with Crippen LogP contribution in [0.3, 0.4) is 0 Å². The van der Waals surface area contributed by atoms with Crippen LogP contribution in [0, 0.1) is 6.92 Å². The first-order valence-corrected chi connectivity index (χ1v) is 8.48. The molecule has 0 radical (unpaired) electrons. The summed E-state index contributed by atoms with van der Waals surface area (Å²) in [5.41, 5.74) is 1.18. The van der Waals surface area contributed by atoms with Gasteiger partial charge in [0.25, 0.3) is 0 Å². The number of hydrogen-bond acceptors (Lipinski definition) is 4. The fraction of sp³-hybridized carbons (Fsp3) is 0.800. The van der Waals surface area contributed by atoms with Crippen LogP contribution >= 0.6 is 11.3 Å². The molecule has 2 fully saturated rings. The third kappa shape index (κ3) is 3.01. The highest BCUT2D eigenvalue weighted by Crippen LogP contribution is 2.34. The maximum atomic E-state index is 4.60. The smallest absolute Gasteiger partial charge is 0.0940 e. The van der Waals surface area contributed by atoms with Crippen LogP contribution in [0.25, 0.3) is 0 Å². The summed E-state index contributed by atoms with van der Waals surface area (Å²) < 4.78 is 0. The zero-order valence-electron chi connectivity index (χ0n) is 12.1. The van der Waals surface area contributed by atoms with E-state index in [4.69, 9.17) is 0 Å². The molecule has 0 aliphatic carbocycles. The van der Waals surface area contributed by atoms with Crippen LogP contribution in [0.4, 0.5) is 0 Å². The van der Waals surface area contributed by atoms with E-state index in [1.807, 2.05) is 11.3 Å². The molecule has 1 N–H and O–H groups in total. The number of nitrogens with one attached hydrogen (secondary N) is 1. The van der Waals surface area contributed by atoms with Gasteiger partial charge in [0.1, 0.15) is 0 Å². The number of nitrogens with zero attached hydrogens (tertiary/aromatic N) is 2. The molecule has 2 unspecified atom stereocenters. The Balaban J connectivity index is 1.61. The Morgan fingerprint density at radius 1 is 1.37 bits per heavy atom. The molecule has 1 aromatic rings. The van der Waals surface area contributed by atoms with Crippen LogP contribution in [0.2, 0.25) is 0 Å². The lowest BCUT2D eigenvalue weighted by atomic mass is 9.81. The molecule has 106 valence electrons. The van der Waals surface area contributed by atoms with E-state index in [-0.39, 0.29) is 0 Å². The predicted molar refractivity (Wildman–Crippen MR) is 80.8 cm³/mol. The molecule has 0 saturated carbocycles. The van der Waals surface area contributed by atoms with Crippen molar-refractivity contribution in [2.75, 3.05) is 13.6 Å². The number of aryl methyl sites for hydroxylation is 1. The molecule has 4 heteroatoms. The lowest BCUT2D eigenvalue weighted by Crippen LogP contribution is -2.56. The molecule has 3 nitrogen and oxygen atoms in total. The second-order valence-electron chi connectivity index (χ2n) is 6.07. The molecule has 2 saturated heterocycles. The van der Waals surface area contributed by atoms with Crippen molar-refractivity contribution in [3.8, 4) is 0 Å².